The van der Waals surface area contributed by atoms with Gasteiger partial charge in [-0.2, -0.15) is 0 Å². The van der Waals surface area contributed by atoms with Crippen molar-refractivity contribution in [2.24, 2.45) is 0 Å². The number of aromatic nitrogens is 1. The standard InChI is InChI=1S/C20H23N3O4/c1-2-26-17-5-7-18(8-6-17)27-15-19(24)22-10-12-23(13-11-22)20(25)16-4-3-9-21-14-16/h3-9,14H,2,10-13,15H2,1H3. The van der Waals surface area contributed by atoms with Crippen LogP contribution in [0.3, 0.4) is 0 Å². The summed E-state index contributed by atoms with van der Waals surface area (Å²) in [5.74, 6) is 1.25. The first-order chi connectivity index (χ1) is 13.2. The molecule has 1 aromatic carbocycles. The maximum Gasteiger partial charge on any atom is 0.260 e. The van der Waals surface area contributed by atoms with E-state index in [4.69, 9.17) is 9.47 Å². The number of rotatable bonds is 6. The van der Waals surface area contributed by atoms with Gasteiger partial charge in [-0.3, -0.25) is 14.6 Å². The van der Waals surface area contributed by atoms with Crippen LogP contribution >= 0.6 is 0 Å². The summed E-state index contributed by atoms with van der Waals surface area (Å²) in [5.41, 5.74) is 0.566. The third kappa shape index (κ3) is 4.97. The Morgan fingerprint density at radius 3 is 2.19 bits per heavy atom. The molecule has 142 valence electrons. The number of hydrogen-bond donors (Lipinski definition) is 0. The van der Waals surface area contributed by atoms with E-state index in [-0.39, 0.29) is 18.4 Å². The summed E-state index contributed by atoms with van der Waals surface area (Å²) in [6.07, 6.45) is 3.20. The van der Waals surface area contributed by atoms with Crippen molar-refractivity contribution in [3.05, 3.63) is 54.4 Å². The van der Waals surface area contributed by atoms with Gasteiger partial charge in [-0.25, -0.2) is 0 Å². The van der Waals surface area contributed by atoms with Gasteiger partial charge in [0.25, 0.3) is 11.8 Å². The first-order valence-electron chi connectivity index (χ1n) is 9.00. The number of carbonyl (C=O) groups is 2. The molecular formula is C20H23N3O4. The summed E-state index contributed by atoms with van der Waals surface area (Å²) in [6, 6.07) is 10.7. The van der Waals surface area contributed by atoms with Crippen LogP contribution in [0.5, 0.6) is 11.5 Å². The van der Waals surface area contributed by atoms with E-state index >= 15 is 0 Å². The van der Waals surface area contributed by atoms with Gasteiger partial charge in [-0.05, 0) is 43.3 Å². The van der Waals surface area contributed by atoms with E-state index in [9.17, 15) is 9.59 Å². The molecule has 1 aliphatic heterocycles. The molecule has 2 amide bonds. The van der Waals surface area contributed by atoms with Gasteiger partial charge in [-0.1, -0.05) is 0 Å². The van der Waals surface area contributed by atoms with Crippen molar-refractivity contribution >= 4 is 11.8 Å². The highest BCUT2D eigenvalue weighted by Gasteiger charge is 2.25. The molecule has 7 heteroatoms. The van der Waals surface area contributed by atoms with E-state index < -0.39 is 0 Å². The van der Waals surface area contributed by atoms with Crippen molar-refractivity contribution in [1.82, 2.24) is 14.8 Å². The molecule has 7 nitrogen and oxygen atoms in total. The summed E-state index contributed by atoms with van der Waals surface area (Å²) >= 11 is 0. The maximum absolute atomic E-state index is 12.4. The Bertz CT molecular complexity index is 757. The summed E-state index contributed by atoms with van der Waals surface area (Å²) < 4.78 is 10.9. The van der Waals surface area contributed by atoms with E-state index in [1.165, 1.54) is 0 Å². The second-order valence-electron chi connectivity index (χ2n) is 6.11. The number of carbonyl (C=O) groups excluding carboxylic acids is 2. The third-order valence-corrected chi connectivity index (χ3v) is 4.33. The molecule has 0 unspecified atom stereocenters. The van der Waals surface area contributed by atoms with Gasteiger partial charge < -0.3 is 19.3 Å². The number of ether oxygens (including phenoxy) is 2. The van der Waals surface area contributed by atoms with Crippen LogP contribution in [0.1, 0.15) is 17.3 Å². The Hall–Kier alpha value is -3.09. The number of piperazine rings is 1. The van der Waals surface area contributed by atoms with E-state index in [1.807, 2.05) is 19.1 Å². The molecular weight excluding hydrogens is 346 g/mol. The molecule has 0 spiro atoms. The lowest BCUT2D eigenvalue weighted by molar-refractivity contribution is -0.134. The average Bonchev–Trinajstić information content (AvgIpc) is 2.73. The van der Waals surface area contributed by atoms with Crippen LogP contribution in [0.2, 0.25) is 0 Å². The number of pyridine rings is 1. The minimum atomic E-state index is -0.0858. The smallest absolute Gasteiger partial charge is 0.260 e. The van der Waals surface area contributed by atoms with E-state index in [0.29, 0.717) is 44.1 Å². The molecule has 2 heterocycles. The Morgan fingerprint density at radius 1 is 0.963 bits per heavy atom. The van der Waals surface area contributed by atoms with Crippen LogP contribution in [0.4, 0.5) is 0 Å². The number of amides is 2. The second-order valence-corrected chi connectivity index (χ2v) is 6.11. The molecule has 1 aliphatic rings. The Balaban J connectivity index is 1.45. The van der Waals surface area contributed by atoms with Crippen molar-refractivity contribution < 1.29 is 19.1 Å². The fraction of sp³-hybridized carbons (Fsp3) is 0.350. The highest BCUT2D eigenvalue weighted by Crippen LogP contribution is 2.17. The highest BCUT2D eigenvalue weighted by molar-refractivity contribution is 5.94. The maximum atomic E-state index is 12.4. The zero-order valence-corrected chi connectivity index (χ0v) is 15.3. The molecule has 0 bridgehead atoms. The summed E-state index contributed by atoms with van der Waals surface area (Å²) in [7, 11) is 0. The second kappa shape index (κ2) is 9.02. The molecule has 0 saturated carbocycles. The summed E-state index contributed by atoms with van der Waals surface area (Å²) in [4.78, 5) is 32.2. The molecule has 1 aromatic heterocycles. The number of benzene rings is 1. The SMILES string of the molecule is CCOc1ccc(OCC(=O)N2CCN(C(=O)c3cccnc3)CC2)cc1. The third-order valence-electron chi connectivity index (χ3n) is 4.33. The number of hydrogen-bond acceptors (Lipinski definition) is 5. The summed E-state index contributed by atoms with van der Waals surface area (Å²) in [5, 5.41) is 0. The van der Waals surface area contributed by atoms with Gasteiger partial charge in [0, 0.05) is 38.6 Å². The van der Waals surface area contributed by atoms with Crippen LogP contribution < -0.4 is 9.47 Å². The molecule has 0 radical (unpaired) electrons. The van der Waals surface area contributed by atoms with E-state index in [2.05, 4.69) is 4.98 Å². The lowest BCUT2D eigenvalue weighted by Gasteiger charge is -2.34. The average molecular weight is 369 g/mol. The van der Waals surface area contributed by atoms with E-state index in [1.54, 1.807) is 46.5 Å². The van der Waals surface area contributed by atoms with Gasteiger partial charge in [0.15, 0.2) is 6.61 Å². The Morgan fingerprint density at radius 2 is 1.59 bits per heavy atom. The van der Waals surface area contributed by atoms with Gasteiger partial charge >= 0.3 is 0 Å². The van der Waals surface area contributed by atoms with Crippen molar-refractivity contribution in [2.75, 3.05) is 39.4 Å². The molecule has 0 N–H and O–H groups in total. The molecule has 1 fully saturated rings. The van der Waals surface area contributed by atoms with Crippen molar-refractivity contribution in [1.29, 1.82) is 0 Å². The van der Waals surface area contributed by atoms with Crippen molar-refractivity contribution in [3.8, 4) is 11.5 Å². The van der Waals surface area contributed by atoms with Gasteiger partial charge in [-0.15, -0.1) is 0 Å². The number of nitrogens with zero attached hydrogens (tertiary/aromatic N) is 3. The first-order valence-corrected chi connectivity index (χ1v) is 9.00. The zero-order chi connectivity index (χ0) is 19.1. The molecule has 2 aromatic rings. The van der Waals surface area contributed by atoms with Crippen LogP contribution in [-0.2, 0) is 4.79 Å². The predicted molar refractivity (Wildman–Crippen MR) is 99.8 cm³/mol. The molecule has 0 atom stereocenters. The van der Waals surface area contributed by atoms with Crippen LogP contribution in [0, 0.1) is 0 Å². The monoisotopic (exact) mass is 369 g/mol. The van der Waals surface area contributed by atoms with Gasteiger partial charge in [0.1, 0.15) is 11.5 Å². The molecule has 27 heavy (non-hydrogen) atoms. The van der Waals surface area contributed by atoms with Crippen molar-refractivity contribution in [3.63, 3.8) is 0 Å². The Kier molecular flexibility index (Phi) is 6.25. The van der Waals surface area contributed by atoms with Crippen LogP contribution in [0.15, 0.2) is 48.8 Å². The topological polar surface area (TPSA) is 72.0 Å². The zero-order valence-electron chi connectivity index (χ0n) is 15.3. The highest BCUT2D eigenvalue weighted by atomic mass is 16.5. The molecule has 0 aliphatic carbocycles. The minimum Gasteiger partial charge on any atom is -0.494 e. The normalized spacial score (nSPS) is 14.0. The van der Waals surface area contributed by atoms with Crippen LogP contribution in [0.25, 0.3) is 0 Å². The lowest BCUT2D eigenvalue weighted by Crippen LogP contribution is -2.51. The van der Waals surface area contributed by atoms with Gasteiger partial charge in [0.2, 0.25) is 0 Å². The quantitative estimate of drug-likeness (QED) is 0.777. The first kappa shape index (κ1) is 18.7. The molecule has 3 rings (SSSR count). The van der Waals surface area contributed by atoms with Crippen LogP contribution in [-0.4, -0.2) is 66.0 Å². The van der Waals surface area contributed by atoms with Crippen molar-refractivity contribution in [2.45, 2.75) is 6.92 Å². The van der Waals surface area contributed by atoms with Gasteiger partial charge in [0.05, 0.1) is 12.2 Å². The lowest BCUT2D eigenvalue weighted by atomic mass is 10.2. The minimum absolute atomic E-state index is 0.0233. The Labute approximate surface area is 158 Å². The fourth-order valence-corrected chi connectivity index (χ4v) is 2.87. The predicted octanol–water partition coefficient (Wildman–Crippen LogP) is 1.84. The fourth-order valence-electron chi connectivity index (χ4n) is 2.87. The summed E-state index contributed by atoms with van der Waals surface area (Å²) in [6.45, 7) is 4.51. The van der Waals surface area contributed by atoms with E-state index in [0.717, 1.165) is 5.75 Å². The largest absolute Gasteiger partial charge is 0.494 e. The molecule has 1 saturated heterocycles.